The zero-order valence-electron chi connectivity index (χ0n) is 14.1. The van der Waals surface area contributed by atoms with Crippen molar-refractivity contribution in [3.63, 3.8) is 0 Å². The molecule has 5 nitrogen and oxygen atoms in total. The molecule has 0 aromatic heterocycles. The van der Waals surface area contributed by atoms with Gasteiger partial charge >= 0.3 is 6.03 Å². The van der Waals surface area contributed by atoms with Gasteiger partial charge in [0.1, 0.15) is 6.04 Å². The zero-order valence-corrected chi connectivity index (χ0v) is 14.1. The molecule has 0 aliphatic carbocycles. The lowest BCUT2D eigenvalue weighted by molar-refractivity contribution is -0.120. The summed E-state index contributed by atoms with van der Waals surface area (Å²) >= 11 is 0. The highest BCUT2D eigenvalue weighted by atomic mass is 16.2. The number of carbonyl (C=O) groups excluding carboxylic acids is 2. The van der Waals surface area contributed by atoms with E-state index in [-0.39, 0.29) is 0 Å². The third kappa shape index (κ3) is 4.27. The molecule has 26 heavy (non-hydrogen) atoms. The molecule has 0 fully saturated rings. The Kier molecular flexibility index (Phi) is 5.29. The summed E-state index contributed by atoms with van der Waals surface area (Å²) in [4.78, 5) is 23.4. The number of amides is 3. The number of carbonyl (C=O) groups is 2. The van der Waals surface area contributed by atoms with Gasteiger partial charge in [0.2, 0.25) is 0 Å². The maximum Gasteiger partial charge on any atom is 0.318 e. The first-order valence-electron chi connectivity index (χ1n) is 8.21. The average molecular weight is 345 g/mol. The minimum atomic E-state index is -0.878. The molecule has 0 unspecified atom stereocenters. The summed E-state index contributed by atoms with van der Waals surface area (Å²) in [6, 6.07) is 25.3. The van der Waals surface area contributed by atoms with E-state index in [2.05, 4.69) is 10.6 Å². The smallest absolute Gasteiger partial charge is 0.318 e. The lowest BCUT2D eigenvalue weighted by atomic mass is 10.0. The number of primary amides is 1. The predicted molar refractivity (Wildman–Crippen MR) is 102 cm³/mol. The minimum Gasteiger partial charge on any atom is -0.370 e. The fourth-order valence-corrected chi connectivity index (χ4v) is 2.70. The maximum atomic E-state index is 12.4. The molecule has 3 rings (SSSR count). The van der Waals surface area contributed by atoms with E-state index in [4.69, 9.17) is 5.73 Å². The number of hydrogen-bond acceptors (Lipinski definition) is 3. The second-order valence-electron chi connectivity index (χ2n) is 5.78. The molecule has 3 aromatic carbocycles. The normalized spacial score (nSPS) is 11.4. The van der Waals surface area contributed by atoms with Crippen LogP contribution in [0.3, 0.4) is 0 Å². The highest BCUT2D eigenvalue weighted by Gasteiger charge is 2.21. The molecule has 0 saturated heterocycles. The van der Waals surface area contributed by atoms with Gasteiger partial charge in [0.25, 0.3) is 5.91 Å². The lowest BCUT2D eigenvalue weighted by Gasteiger charge is -2.19. The van der Waals surface area contributed by atoms with Crippen LogP contribution in [-0.4, -0.2) is 11.9 Å². The van der Waals surface area contributed by atoms with E-state index in [0.717, 1.165) is 22.4 Å². The molecule has 5 heteroatoms. The lowest BCUT2D eigenvalue weighted by Crippen LogP contribution is -2.40. The molecule has 3 aromatic rings. The van der Waals surface area contributed by atoms with Crippen LogP contribution in [0.25, 0.3) is 11.1 Å². The van der Waals surface area contributed by atoms with Gasteiger partial charge in [-0.3, -0.25) is 10.1 Å². The Morgan fingerprint density at radius 1 is 0.731 bits per heavy atom. The number of anilines is 1. The van der Waals surface area contributed by atoms with E-state index >= 15 is 0 Å². The fourth-order valence-electron chi connectivity index (χ4n) is 2.70. The van der Waals surface area contributed by atoms with Crippen LogP contribution in [0.5, 0.6) is 0 Å². The van der Waals surface area contributed by atoms with Crippen LogP contribution in [0.2, 0.25) is 0 Å². The molecule has 0 saturated carbocycles. The largest absolute Gasteiger partial charge is 0.370 e. The molecule has 0 radical (unpaired) electrons. The molecule has 0 bridgehead atoms. The van der Waals surface area contributed by atoms with Crippen molar-refractivity contribution >= 4 is 17.6 Å². The van der Waals surface area contributed by atoms with Crippen molar-refractivity contribution in [2.45, 2.75) is 6.04 Å². The van der Waals surface area contributed by atoms with Gasteiger partial charge in [-0.1, -0.05) is 72.8 Å². The van der Waals surface area contributed by atoms with E-state index in [9.17, 15) is 9.59 Å². The van der Waals surface area contributed by atoms with E-state index in [1.165, 1.54) is 0 Å². The summed E-state index contributed by atoms with van der Waals surface area (Å²) in [5.74, 6) is -0.504. The number of nitrogens with one attached hydrogen (secondary N) is 2. The Hall–Kier alpha value is -3.60. The standard InChI is InChI=1S/C21H19N3O2/c22-21(26)24-20(25)19(17-9-5-2-6-10-17)23-18-13-11-16(12-14-18)15-7-3-1-4-8-15/h1-14,19,23H,(H3,22,24,25,26)/t19-/m0/s1. The third-order valence-electron chi connectivity index (χ3n) is 3.94. The Labute approximate surface area is 151 Å². The first-order valence-corrected chi connectivity index (χ1v) is 8.21. The first kappa shape index (κ1) is 17.2. The van der Waals surface area contributed by atoms with Gasteiger partial charge in [0.05, 0.1) is 0 Å². The van der Waals surface area contributed by atoms with Gasteiger partial charge in [-0.05, 0) is 28.8 Å². The van der Waals surface area contributed by atoms with Crippen LogP contribution in [0.15, 0.2) is 84.9 Å². The average Bonchev–Trinajstić information content (AvgIpc) is 2.67. The Balaban J connectivity index is 1.82. The molecule has 0 aliphatic rings. The summed E-state index contributed by atoms with van der Waals surface area (Å²) in [7, 11) is 0. The summed E-state index contributed by atoms with van der Waals surface area (Å²) in [6.07, 6.45) is 0. The number of imide groups is 1. The predicted octanol–water partition coefficient (Wildman–Crippen LogP) is 3.70. The van der Waals surface area contributed by atoms with Gasteiger partial charge < -0.3 is 11.1 Å². The highest BCUT2D eigenvalue weighted by Crippen LogP contribution is 2.24. The monoisotopic (exact) mass is 345 g/mol. The van der Waals surface area contributed by atoms with Crippen molar-refractivity contribution in [2.75, 3.05) is 5.32 Å². The third-order valence-corrected chi connectivity index (χ3v) is 3.94. The number of hydrogen-bond donors (Lipinski definition) is 3. The van der Waals surface area contributed by atoms with E-state index in [1.54, 1.807) is 0 Å². The van der Waals surface area contributed by atoms with Gasteiger partial charge in [0, 0.05) is 5.69 Å². The quantitative estimate of drug-likeness (QED) is 0.659. The van der Waals surface area contributed by atoms with E-state index in [0.29, 0.717) is 0 Å². The number of nitrogens with two attached hydrogens (primary N) is 1. The first-order chi connectivity index (χ1) is 12.6. The van der Waals surface area contributed by atoms with Gasteiger partial charge in [0.15, 0.2) is 0 Å². The minimum absolute atomic E-state index is 0.504. The van der Waals surface area contributed by atoms with Crippen LogP contribution in [0.1, 0.15) is 11.6 Å². The number of urea groups is 1. The highest BCUT2D eigenvalue weighted by molar-refractivity contribution is 5.98. The number of rotatable bonds is 5. The van der Waals surface area contributed by atoms with Crippen LogP contribution in [-0.2, 0) is 4.79 Å². The SMILES string of the molecule is NC(=O)NC(=O)[C@@H](Nc1ccc(-c2ccccc2)cc1)c1ccccc1. The maximum absolute atomic E-state index is 12.4. The van der Waals surface area contributed by atoms with Gasteiger partial charge in [-0.25, -0.2) is 4.79 Å². The summed E-state index contributed by atoms with van der Waals surface area (Å²) in [6.45, 7) is 0. The molecule has 3 amide bonds. The molecule has 0 spiro atoms. The molecule has 1 atom stereocenters. The zero-order chi connectivity index (χ0) is 18.4. The van der Waals surface area contributed by atoms with Gasteiger partial charge in [-0.15, -0.1) is 0 Å². The second kappa shape index (κ2) is 7.98. The van der Waals surface area contributed by atoms with Crippen molar-refractivity contribution < 1.29 is 9.59 Å². The molecular weight excluding hydrogens is 326 g/mol. The Morgan fingerprint density at radius 3 is 1.85 bits per heavy atom. The molecule has 0 aliphatic heterocycles. The molecular formula is C21H19N3O2. The fraction of sp³-hybridized carbons (Fsp3) is 0.0476. The van der Waals surface area contributed by atoms with E-state index in [1.807, 2.05) is 84.9 Å². The second-order valence-corrected chi connectivity index (χ2v) is 5.78. The van der Waals surface area contributed by atoms with Crippen LogP contribution >= 0.6 is 0 Å². The molecule has 4 N–H and O–H groups in total. The Morgan fingerprint density at radius 2 is 1.27 bits per heavy atom. The van der Waals surface area contributed by atoms with Gasteiger partial charge in [-0.2, -0.15) is 0 Å². The molecule has 0 heterocycles. The van der Waals surface area contributed by atoms with Crippen molar-refractivity contribution in [1.82, 2.24) is 5.32 Å². The van der Waals surface area contributed by atoms with Crippen LogP contribution in [0.4, 0.5) is 10.5 Å². The van der Waals surface area contributed by atoms with Crippen molar-refractivity contribution in [3.05, 3.63) is 90.5 Å². The number of benzene rings is 3. The summed E-state index contributed by atoms with van der Waals surface area (Å²) in [5, 5.41) is 5.30. The van der Waals surface area contributed by atoms with E-state index < -0.39 is 18.0 Å². The summed E-state index contributed by atoms with van der Waals surface area (Å²) < 4.78 is 0. The Bertz CT molecular complexity index is 878. The van der Waals surface area contributed by atoms with Crippen molar-refractivity contribution in [2.24, 2.45) is 5.73 Å². The van der Waals surface area contributed by atoms with Crippen molar-refractivity contribution in [3.8, 4) is 11.1 Å². The molecule has 130 valence electrons. The topological polar surface area (TPSA) is 84.2 Å². The van der Waals surface area contributed by atoms with Crippen molar-refractivity contribution in [1.29, 1.82) is 0 Å². The summed E-state index contributed by atoms with van der Waals surface area (Å²) in [5.41, 5.74) is 8.78. The van der Waals surface area contributed by atoms with Crippen LogP contribution < -0.4 is 16.4 Å². The van der Waals surface area contributed by atoms with Crippen LogP contribution in [0, 0.1) is 0 Å².